The maximum Gasteiger partial charge on any atom is 0.214 e. The van der Waals surface area contributed by atoms with Crippen LogP contribution in [0.2, 0.25) is 0 Å². The number of aliphatic hydroxyl groups excluding tert-OH is 1. The van der Waals surface area contributed by atoms with Gasteiger partial charge in [0.05, 0.1) is 17.9 Å². The lowest BCUT2D eigenvalue weighted by atomic mass is 9.93. The zero-order chi connectivity index (χ0) is 15.5. The smallest absolute Gasteiger partial charge is 0.214 e. The van der Waals surface area contributed by atoms with Gasteiger partial charge in [0, 0.05) is 7.05 Å². The van der Waals surface area contributed by atoms with E-state index in [-0.39, 0.29) is 17.7 Å². The molecule has 4 nitrogen and oxygen atoms in total. The molecule has 3 unspecified atom stereocenters. The molecule has 3 atom stereocenters. The van der Waals surface area contributed by atoms with Crippen LogP contribution in [-0.2, 0) is 10.0 Å². The first-order valence-corrected chi connectivity index (χ1v) is 9.21. The number of nitrogens with zero attached hydrogens (tertiary/aromatic N) is 1. The van der Waals surface area contributed by atoms with Gasteiger partial charge >= 0.3 is 0 Å². The largest absolute Gasteiger partial charge is 0.391 e. The topological polar surface area (TPSA) is 57.6 Å². The van der Waals surface area contributed by atoms with Gasteiger partial charge in [-0.1, -0.05) is 50.1 Å². The zero-order valence-electron chi connectivity index (χ0n) is 12.8. The molecule has 21 heavy (non-hydrogen) atoms. The molecule has 0 aromatic heterocycles. The number of sulfonamides is 1. The van der Waals surface area contributed by atoms with Crippen LogP contribution < -0.4 is 0 Å². The van der Waals surface area contributed by atoms with Crippen molar-refractivity contribution >= 4 is 10.0 Å². The van der Waals surface area contributed by atoms with E-state index < -0.39 is 16.1 Å². The Morgan fingerprint density at radius 2 is 1.86 bits per heavy atom. The van der Waals surface area contributed by atoms with Gasteiger partial charge in [-0.25, -0.2) is 8.42 Å². The minimum Gasteiger partial charge on any atom is -0.391 e. The highest BCUT2D eigenvalue weighted by atomic mass is 32.2. The summed E-state index contributed by atoms with van der Waals surface area (Å²) in [7, 11) is -1.76. The first-order valence-electron chi connectivity index (χ1n) is 7.60. The molecular weight excluding hydrogens is 286 g/mol. The monoisotopic (exact) mass is 311 g/mol. The summed E-state index contributed by atoms with van der Waals surface area (Å²) in [6.45, 7) is 1.93. The van der Waals surface area contributed by atoms with Gasteiger partial charge in [0.2, 0.25) is 10.0 Å². The van der Waals surface area contributed by atoms with E-state index in [2.05, 4.69) is 0 Å². The van der Waals surface area contributed by atoms with E-state index in [0.29, 0.717) is 6.42 Å². The number of rotatable bonds is 5. The van der Waals surface area contributed by atoms with Crippen molar-refractivity contribution in [2.45, 2.75) is 50.7 Å². The third kappa shape index (κ3) is 4.05. The van der Waals surface area contributed by atoms with Crippen molar-refractivity contribution in [3.05, 3.63) is 35.9 Å². The SMILES string of the molecule is CC(CS(=O)(=O)N(C)C1CCCCC1O)c1ccccc1. The average molecular weight is 311 g/mol. The van der Waals surface area contributed by atoms with E-state index >= 15 is 0 Å². The van der Waals surface area contributed by atoms with E-state index in [4.69, 9.17) is 0 Å². The molecule has 1 aromatic rings. The van der Waals surface area contributed by atoms with Gasteiger partial charge in [0.25, 0.3) is 0 Å². The standard InChI is InChI=1S/C16H25NO3S/c1-13(14-8-4-3-5-9-14)12-21(19,20)17(2)15-10-6-7-11-16(15)18/h3-5,8-9,13,15-16,18H,6-7,10-12H2,1-2H3. The Morgan fingerprint density at radius 3 is 2.48 bits per heavy atom. The van der Waals surface area contributed by atoms with Gasteiger partial charge in [0.15, 0.2) is 0 Å². The first kappa shape index (κ1) is 16.5. The highest BCUT2D eigenvalue weighted by molar-refractivity contribution is 7.89. The lowest BCUT2D eigenvalue weighted by Crippen LogP contribution is -2.47. The summed E-state index contributed by atoms with van der Waals surface area (Å²) < 4.78 is 26.5. The molecule has 0 radical (unpaired) electrons. The fourth-order valence-corrected chi connectivity index (χ4v) is 4.75. The lowest BCUT2D eigenvalue weighted by molar-refractivity contribution is 0.0637. The third-order valence-electron chi connectivity index (χ3n) is 4.43. The average Bonchev–Trinajstić information content (AvgIpc) is 2.47. The van der Waals surface area contributed by atoms with Gasteiger partial charge in [0.1, 0.15) is 0 Å². The van der Waals surface area contributed by atoms with Crippen molar-refractivity contribution in [2.75, 3.05) is 12.8 Å². The van der Waals surface area contributed by atoms with Crippen molar-refractivity contribution in [1.29, 1.82) is 0 Å². The van der Waals surface area contributed by atoms with Gasteiger partial charge < -0.3 is 5.11 Å². The fraction of sp³-hybridized carbons (Fsp3) is 0.625. The molecule has 118 valence electrons. The van der Waals surface area contributed by atoms with Crippen LogP contribution in [0.4, 0.5) is 0 Å². The molecule has 0 amide bonds. The summed E-state index contributed by atoms with van der Waals surface area (Å²) in [6.07, 6.45) is 2.86. The summed E-state index contributed by atoms with van der Waals surface area (Å²) in [5.41, 5.74) is 1.03. The number of aliphatic hydroxyl groups is 1. The summed E-state index contributed by atoms with van der Waals surface area (Å²) in [5, 5.41) is 10.0. The summed E-state index contributed by atoms with van der Waals surface area (Å²) in [4.78, 5) is 0. The molecule has 0 bridgehead atoms. The fourth-order valence-electron chi connectivity index (χ4n) is 3.03. The van der Waals surface area contributed by atoms with Crippen molar-refractivity contribution in [3.63, 3.8) is 0 Å². The number of likely N-dealkylation sites (N-methyl/N-ethyl adjacent to an activating group) is 1. The van der Waals surface area contributed by atoms with Gasteiger partial charge in [-0.3, -0.25) is 0 Å². The molecule has 0 aliphatic heterocycles. The van der Waals surface area contributed by atoms with Crippen LogP contribution in [0, 0.1) is 0 Å². The molecule has 1 aliphatic carbocycles. The normalized spacial score (nSPS) is 25.0. The van der Waals surface area contributed by atoms with Crippen molar-refractivity contribution in [1.82, 2.24) is 4.31 Å². The predicted molar refractivity (Wildman–Crippen MR) is 84.7 cm³/mol. The quantitative estimate of drug-likeness (QED) is 0.908. The first-order chi connectivity index (χ1) is 9.92. The minimum absolute atomic E-state index is 0.0561. The van der Waals surface area contributed by atoms with Crippen LogP contribution in [0.3, 0.4) is 0 Å². The van der Waals surface area contributed by atoms with Crippen molar-refractivity contribution in [3.8, 4) is 0 Å². The van der Waals surface area contributed by atoms with Gasteiger partial charge in [-0.15, -0.1) is 0 Å². The van der Waals surface area contributed by atoms with Crippen molar-refractivity contribution < 1.29 is 13.5 Å². The highest BCUT2D eigenvalue weighted by Crippen LogP contribution is 2.26. The summed E-state index contributed by atoms with van der Waals surface area (Å²) >= 11 is 0. The van der Waals surface area contributed by atoms with Crippen LogP contribution in [-0.4, -0.2) is 42.8 Å². The Balaban J connectivity index is 2.07. The van der Waals surface area contributed by atoms with E-state index in [1.54, 1.807) is 7.05 Å². The molecule has 0 saturated heterocycles. The van der Waals surface area contributed by atoms with E-state index in [1.807, 2.05) is 37.3 Å². The molecule has 1 aliphatic rings. The lowest BCUT2D eigenvalue weighted by Gasteiger charge is -2.34. The highest BCUT2D eigenvalue weighted by Gasteiger charge is 2.34. The molecule has 0 spiro atoms. The molecule has 1 N–H and O–H groups in total. The Labute approximate surface area is 127 Å². The number of hydrogen-bond acceptors (Lipinski definition) is 3. The maximum absolute atomic E-state index is 12.6. The number of benzene rings is 1. The van der Waals surface area contributed by atoms with Gasteiger partial charge in [-0.05, 0) is 24.3 Å². The molecule has 2 rings (SSSR count). The van der Waals surface area contributed by atoms with E-state index in [1.165, 1.54) is 4.31 Å². The Morgan fingerprint density at radius 1 is 1.24 bits per heavy atom. The molecule has 1 saturated carbocycles. The number of hydrogen-bond donors (Lipinski definition) is 1. The third-order valence-corrected chi connectivity index (χ3v) is 6.50. The van der Waals surface area contributed by atoms with Crippen LogP contribution in [0.15, 0.2) is 30.3 Å². The Hall–Kier alpha value is -0.910. The van der Waals surface area contributed by atoms with E-state index in [0.717, 1.165) is 24.8 Å². The molecule has 5 heteroatoms. The van der Waals surface area contributed by atoms with E-state index in [9.17, 15) is 13.5 Å². The molecule has 0 heterocycles. The second kappa shape index (κ2) is 6.90. The summed E-state index contributed by atoms with van der Waals surface area (Å²) in [5.74, 6) is 0.0240. The van der Waals surface area contributed by atoms with Gasteiger partial charge in [-0.2, -0.15) is 4.31 Å². The summed E-state index contributed by atoms with van der Waals surface area (Å²) in [6, 6.07) is 9.41. The minimum atomic E-state index is -3.37. The van der Waals surface area contributed by atoms with Crippen LogP contribution in [0.25, 0.3) is 0 Å². The predicted octanol–water partition coefficient (Wildman–Crippen LogP) is 2.36. The Bertz CT molecular complexity index is 544. The maximum atomic E-state index is 12.6. The zero-order valence-corrected chi connectivity index (χ0v) is 13.6. The van der Waals surface area contributed by atoms with Crippen LogP contribution >= 0.6 is 0 Å². The van der Waals surface area contributed by atoms with Crippen LogP contribution in [0.1, 0.15) is 44.1 Å². The van der Waals surface area contributed by atoms with Crippen molar-refractivity contribution in [2.24, 2.45) is 0 Å². The second-order valence-corrected chi connectivity index (χ2v) is 8.10. The Kier molecular flexibility index (Phi) is 5.41. The second-order valence-electron chi connectivity index (χ2n) is 6.03. The molecular formula is C16H25NO3S. The molecule has 1 fully saturated rings. The molecule has 1 aromatic carbocycles. The van der Waals surface area contributed by atoms with Crippen LogP contribution in [0.5, 0.6) is 0 Å².